The number of hydrogen-bond donors (Lipinski definition) is 1. The van der Waals surface area contributed by atoms with Crippen LogP contribution in [0.4, 0.5) is 0 Å². The lowest BCUT2D eigenvalue weighted by molar-refractivity contribution is -0.124. The molecule has 3 aromatic rings. The third-order valence-electron chi connectivity index (χ3n) is 4.65. The molecule has 4 nitrogen and oxygen atoms in total. The van der Waals surface area contributed by atoms with Gasteiger partial charge in [-0.15, -0.1) is 0 Å². The van der Waals surface area contributed by atoms with Crippen molar-refractivity contribution in [3.63, 3.8) is 0 Å². The molecular formula is C22H26ClN3O. The Labute approximate surface area is 165 Å². The number of para-hydroxylation sites is 2. The molecule has 1 atom stereocenters. The van der Waals surface area contributed by atoms with E-state index in [1.807, 2.05) is 48.5 Å². The van der Waals surface area contributed by atoms with Crippen LogP contribution in [0.15, 0.2) is 48.5 Å². The van der Waals surface area contributed by atoms with Crippen molar-refractivity contribution in [2.24, 2.45) is 0 Å². The quantitative estimate of drug-likeness (QED) is 0.584. The molecule has 0 spiro atoms. The Balaban J connectivity index is 2.06. The first-order valence-electron chi connectivity index (χ1n) is 9.62. The van der Waals surface area contributed by atoms with Crippen LogP contribution in [0.5, 0.6) is 0 Å². The van der Waals surface area contributed by atoms with Crippen LogP contribution >= 0.6 is 11.6 Å². The van der Waals surface area contributed by atoms with Gasteiger partial charge in [0, 0.05) is 18.0 Å². The van der Waals surface area contributed by atoms with Gasteiger partial charge in [0.05, 0.1) is 11.0 Å². The minimum Gasteiger partial charge on any atom is -0.354 e. The summed E-state index contributed by atoms with van der Waals surface area (Å²) in [5, 5.41) is 3.77. The van der Waals surface area contributed by atoms with Gasteiger partial charge >= 0.3 is 0 Å². The summed E-state index contributed by atoms with van der Waals surface area (Å²) in [7, 11) is 0. The second kappa shape index (κ2) is 9.05. The van der Waals surface area contributed by atoms with Gasteiger partial charge < -0.3 is 9.88 Å². The van der Waals surface area contributed by atoms with Gasteiger partial charge in [-0.2, -0.15) is 0 Å². The molecular weight excluding hydrogens is 358 g/mol. The minimum atomic E-state index is -0.261. The summed E-state index contributed by atoms with van der Waals surface area (Å²) in [4.78, 5) is 17.8. The van der Waals surface area contributed by atoms with Gasteiger partial charge in [-0.25, -0.2) is 4.98 Å². The van der Waals surface area contributed by atoms with Gasteiger partial charge in [-0.3, -0.25) is 4.79 Å². The summed E-state index contributed by atoms with van der Waals surface area (Å²) in [6, 6.07) is 15.6. The Bertz CT molecular complexity index is 919. The molecule has 27 heavy (non-hydrogen) atoms. The predicted octanol–water partition coefficient (Wildman–Crippen LogP) is 5.15. The van der Waals surface area contributed by atoms with Gasteiger partial charge in [-0.1, -0.05) is 56.1 Å². The zero-order valence-corrected chi connectivity index (χ0v) is 16.7. The van der Waals surface area contributed by atoms with E-state index in [1.54, 1.807) is 0 Å². The second-order valence-corrected chi connectivity index (χ2v) is 7.23. The van der Waals surface area contributed by atoms with E-state index in [0.717, 1.165) is 41.7 Å². The molecule has 1 aromatic heterocycles. The number of halogens is 1. The number of nitrogens with zero attached hydrogens (tertiary/aromatic N) is 2. The summed E-state index contributed by atoms with van der Waals surface area (Å²) in [6.45, 7) is 4.86. The summed E-state index contributed by atoms with van der Waals surface area (Å²) >= 11 is 6.16. The first-order valence-corrected chi connectivity index (χ1v) is 9.99. The molecule has 2 aromatic carbocycles. The van der Waals surface area contributed by atoms with E-state index in [-0.39, 0.29) is 11.9 Å². The highest BCUT2D eigenvalue weighted by molar-refractivity contribution is 6.30. The summed E-state index contributed by atoms with van der Waals surface area (Å²) in [5.41, 5.74) is 3.00. The van der Waals surface area contributed by atoms with E-state index in [0.29, 0.717) is 18.0 Å². The van der Waals surface area contributed by atoms with E-state index < -0.39 is 0 Å². The number of hydrogen-bond acceptors (Lipinski definition) is 2. The number of nitrogens with one attached hydrogen (secondary N) is 1. The summed E-state index contributed by atoms with van der Waals surface area (Å²) < 4.78 is 2.12. The fourth-order valence-electron chi connectivity index (χ4n) is 3.41. The maximum absolute atomic E-state index is 12.9. The first kappa shape index (κ1) is 19.4. The topological polar surface area (TPSA) is 46.9 Å². The van der Waals surface area contributed by atoms with Crippen LogP contribution in [0, 0.1) is 0 Å². The number of fused-ring (bicyclic) bond motifs is 1. The first-order chi connectivity index (χ1) is 13.1. The predicted molar refractivity (Wildman–Crippen MR) is 111 cm³/mol. The number of benzene rings is 2. The van der Waals surface area contributed by atoms with Crippen molar-refractivity contribution in [1.29, 1.82) is 0 Å². The van der Waals surface area contributed by atoms with Crippen molar-refractivity contribution in [2.45, 2.75) is 45.6 Å². The highest BCUT2D eigenvalue weighted by Gasteiger charge is 2.24. The molecule has 0 aliphatic carbocycles. The lowest BCUT2D eigenvalue weighted by atomic mass is 10.1. The molecule has 0 radical (unpaired) electrons. The number of carbonyl (C=O) groups excluding carboxylic acids is 1. The monoisotopic (exact) mass is 383 g/mol. The molecule has 0 aliphatic rings. The van der Waals surface area contributed by atoms with E-state index in [4.69, 9.17) is 16.6 Å². The van der Waals surface area contributed by atoms with Crippen molar-refractivity contribution in [2.75, 3.05) is 6.54 Å². The third-order valence-corrected chi connectivity index (χ3v) is 4.88. The Hall–Kier alpha value is -2.33. The Morgan fingerprint density at radius 3 is 2.70 bits per heavy atom. The Morgan fingerprint density at radius 2 is 1.96 bits per heavy atom. The summed E-state index contributed by atoms with van der Waals surface area (Å²) in [5.74, 6) is 0.956. The maximum atomic E-state index is 12.9. The Morgan fingerprint density at radius 1 is 1.15 bits per heavy atom. The number of rotatable bonds is 8. The van der Waals surface area contributed by atoms with Crippen molar-refractivity contribution < 1.29 is 4.79 Å². The number of aromatic nitrogens is 2. The fraction of sp³-hybridized carbons (Fsp3) is 0.364. The smallest absolute Gasteiger partial charge is 0.243 e. The van der Waals surface area contributed by atoms with Gasteiger partial charge in [0.15, 0.2) is 0 Å². The van der Waals surface area contributed by atoms with Crippen molar-refractivity contribution in [1.82, 2.24) is 14.9 Å². The van der Waals surface area contributed by atoms with Gasteiger partial charge in [0.2, 0.25) is 5.91 Å². The number of imidazole rings is 1. The molecule has 0 bridgehead atoms. The summed E-state index contributed by atoms with van der Waals surface area (Å²) in [6.07, 6.45) is 3.26. The van der Waals surface area contributed by atoms with Crippen molar-refractivity contribution >= 4 is 28.5 Å². The standard InChI is InChI=1S/C22H26ClN3O/c1-3-8-20(22(27)24-13-4-2)26-19-12-6-5-11-18(19)25-21(26)15-16-9-7-10-17(23)14-16/h5-7,9-12,14,20H,3-4,8,13,15H2,1-2H3,(H,24,27). The molecule has 0 saturated heterocycles. The molecule has 1 unspecified atom stereocenters. The molecule has 0 aliphatic heterocycles. The van der Waals surface area contributed by atoms with E-state index >= 15 is 0 Å². The molecule has 3 rings (SSSR count). The molecule has 1 heterocycles. The van der Waals surface area contributed by atoms with E-state index in [9.17, 15) is 4.79 Å². The van der Waals surface area contributed by atoms with Crippen molar-refractivity contribution in [3.8, 4) is 0 Å². The average molecular weight is 384 g/mol. The lowest BCUT2D eigenvalue weighted by Crippen LogP contribution is -2.33. The fourth-order valence-corrected chi connectivity index (χ4v) is 3.63. The average Bonchev–Trinajstić information content (AvgIpc) is 3.01. The third kappa shape index (κ3) is 4.51. The van der Waals surface area contributed by atoms with Crippen LogP contribution < -0.4 is 5.32 Å². The zero-order chi connectivity index (χ0) is 19.2. The molecule has 0 fully saturated rings. The van der Waals surface area contributed by atoms with Crippen LogP contribution in [0.3, 0.4) is 0 Å². The van der Waals surface area contributed by atoms with Gasteiger partial charge in [0.25, 0.3) is 0 Å². The molecule has 5 heteroatoms. The molecule has 142 valence electrons. The molecule has 1 amide bonds. The van der Waals surface area contributed by atoms with Crippen LogP contribution in [0.2, 0.25) is 5.02 Å². The number of amides is 1. The van der Waals surface area contributed by atoms with E-state index in [2.05, 4.69) is 23.7 Å². The minimum absolute atomic E-state index is 0.0641. The highest BCUT2D eigenvalue weighted by Crippen LogP contribution is 2.26. The molecule has 1 N–H and O–H groups in total. The maximum Gasteiger partial charge on any atom is 0.243 e. The van der Waals surface area contributed by atoms with Gasteiger partial charge in [-0.05, 0) is 42.7 Å². The van der Waals surface area contributed by atoms with Crippen molar-refractivity contribution in [3.05, 3.63) is 64.9 Å². The lowest BCUT2D eigenvalue weighted by Gasteiger charge is -2.21. The molecule has 0 saturated carbocycles. The van der Waals surface area contributed by atoms with Crippen LogP contribution in [-0.2, 0) is 11.2 Å². The largest absolute Gasteiger partial charge is 0.354 e. The van der Waals surface area contributed by atoms with Crippen LogP contribution in [0.25, 0.3) is 11.0 Å². The Kier molecular flexibility index (Phi) is 6.51. The highest BCUT2D eigenvalue weighted by atomic mass is 35.5. The zero-order valence-electron chi connectivity index (χ0n) is 15.9. The normalized spacial score (nSPS) is 12.3. The SMILES string of the molecule is CCCNC(=O)C(CCC)n1c(Cc2cccc(Cl)c2)nc2ccccc21. The number of carbonyl (C=O) groups is 1. The van der Waals surface area contributed by atoms with Crippen LogP contribution in [0.1, 0.15) is 50.5 Å². The second-order valence-electron chi connectivity index (χ2n) is 6.79. The van der Waals surface area contributed by atoms with Gasteiger partial charge in [0.1, 0.15) is 11.9 Å². The van der Waals surface area contributed by atoms with E-state index in [1.165, 1.54) is 0 Å². The van der Waals surface area contributed by atoms with Crippen LogP contribution in [-0.4, -0.2) is 22.0 Å².